The highest BCUT2D eigenvalue weighted by molar-refractivity contribution is 8.00. The van der Waals surface area contributed by atoms with E-state index in [2.05, 4.69) is 37.4 Å². The number of thioether (sulfide) groups is 1. The summed E-state index contributed by atoms with van der Waals surface area (Å²) in [5.74, 6) is 0.220. The molecule has 0 aromatic heterocycles. The van der Waals surface area contributed by atoms with E-state index in [-0.39, 0.29) is 5.97 Å². The molecule has 0 amide bonds. The summed E-state index contributed by atoms with van der Waals surface area (Å²) in [6, 6.07) is 6.34. The van der Waals surface area contributed by atoms with Gasteiger partial charge in [-0.2, -0.15) is 0 Å². The molecule has 0 atom stereocenters. The summed E-state index contributed by atoms with van der Waals surface area (Å²) in [5, 5.41) is 3.40. The lowest BCUT2D eigenvalue weighted by atomic mass is 10.1. The minimum absolute atomic E-state index is 0.152. The van der Waals surface area contributed by atoms with Crippen molar-refractivity contribution in [3.8, 4) is 0 Å². The molecule has 0 radical (unpaired) electrons. The van der Waals surface area contributed by atoms with Crippen molar-refractivity contribution in [3.63, 3.8) is 0 Å². The summed E-state index contributed by atoms with van der Waals surface area (Å²) in [6.07, 6.45) is 1.12. The number of benzene rings is 1. The lowest BCUT2D eigenvalue weighted by Crippen LogP contribution is -2.15. The third-order valence-electron chi connectivity index (χ3n) is 2.61. The fourth-order valence-corrected chi connectivity index (χ4v) is 2.56. The molecule has 0 heterocycles. The van der Waals surface area contributed by atoms with Crippen LogP contribution >= 0.6 is 11.8 Å². The van der Waals surface area contributed by atoms with Gasteiger partial charge in [0.1, 0.15) is 0 Å². The number of carbonyl (C=O) groups is 1. The van der Waals surface area contributed by atoms with Gasteiger partial charge in [0.25, 0.3) is 0 Å². The predicted octanol–water partition coefficient (Wildman–Crippen LogP) is 3.15. The lowest BCUT2D eigenvalue weighted by molar-refractivity contribution is -0.139. The lowest BCUT2D eigenvalue weighted by Gasteiger charge is -2.11. The van der Waals surface area contributed by atoms with Gasteiger partial charge in [0.2, 0.25) is 0 Å². The Morgan fingerprint density at radius 3 is 2.84 bits per heavy atom. The van der Waals surface area contributed by atoms with Gasteiger partial charge < -0.3 is 10.1 Å². The van der Waals surface area contributed by atoms with Crippen LogP contribution in [-0.4, -0.2) is 24.9 Å². The number of hydrogen-bond donors (Lipinski definition) is 1. The van der Waals surface area contributed by atoms with Gasteiger partial charge in [-0.3, -0.25) is 4.79 Å². The monoisotopic (exact) mass is 281 g/mol. The van der Waals surface area contributed by atoms with Crippen molar-refractivity contribution in [2.75, 3.05) is 18.9 Å². The van der Waals surface area contributed by atoms with Gasteiger partial charge in [0.05, 0.1) is 12.4 Å². The minimum atomic E-state index is -0.152. The van der Waals surface area contributed by atoms with Gasteiger partial charge in [-0.15, -0.1) is 11.8 Å². The summed E-state index contributed by atoms with van der Waals surface area (Å²) in [5.41, 5.74) is 2.50. The van der Waals surface area contributed by atoms with E-state index in [0.29, 0.717) is 12.4 Å². The van der Waals surface area contributed by atoms with Gasteiger partial charge in [0.15, 0.2) is 0 Å². The van der Waals surface area contributed by atoms with Crippen LogP contribution in [0.2, 0.25) is 0 Å². The van der Waals surface area contributed by atoms with Crippen molar-refractivity contribution in [2.24, 2.45) is 0 Å². The van der Waals surface area contributed by atoms with Crippen molar-refractivity contribution in [1.29, 1.82) is 0 Å². The second-order valence-electron chi connectivity index (χ2n) is 4.38. The molecule has 0 spiro atoms. The van der Waals surface area contributed by atoms with Crippen LogP contribution in [-0.2, 0) is 16.1 Å². The van der Waals surface area contributed by atoms with Gasteiger partial charge in [-0.25, -0.2) is 0 Å². The number of aryl methyl sites for hydroxylation is 1. The number of rotatable bonds is 8. The Morgan fingerprint density at radius 1 is 1.37 bits per heavy atom. The Bertz CT molecular complexity index is 407. The first kappa shape index (κ1) is 16.1. The summed E-state index contributed by atoms with van der Waals surface area (Å²) in [4.78, 5) is 12.6. The molecule has 1 aromatic carbocycles. The van der Waals surface area contributed by atoms with Crippen LogP contribution in [0.1, 0.15) is 31.4 Å². The van der Waals surface area contributed by atoms with Crippen molar-refractivity contribution in [2.45, 2.75) is 38.6 Å². The topological polar surface area (TPSA) is 38.3 Å². The number of carbonyl (C=O) groups excluding carboxylic acids is 1. The number of ether oxygens (including phenoxy) is 1. The summed E-state index contributed by atoms with van der Waals surface area (Å²) < 4.78 is 4.95. The molecule has 0 fully saturated rings. The largest absolute Gasteiger partial charge is 0.465 e. The van der Waals surface area contributed by atoms with Crippen molar-refractivity contribution in [1.82, 2.24) is 5.32 Å². The standard InChI is InChI=1S/C15H23NO2S/c1-4-8-16-10-13-9-12(3)6-7-14(13)19-11-15(17)18-5-2/h6-7,9,16H,4-5,8,10-11H2,1-3H3. The van der Waals surface area contributed by atoms with Crippen molar-refractivity contribution in [3.05, 3.63) is 29.3 Å². The molecule has 4 heteroatoms. The molecule has 106 valence electrons. The van der Waals surface area contributed by atoms with E-state index in [0.717, 1.165) is 24.4 Å². The smallest absolute Gasteiger partial charge is 0.316 e. The van der Waals surface area contributed by atoms with E-state index >= 15 is 0 Å². The number of esters is 1. The SMILES string of the molecule is CCCNCc1cc(C)ccc1SCC(=O)OCC. The Hall–Kier alpha value is -1.00. The third kappa shape index (κ3) is 6.12. The van der Waals surface area contributed by atoms with E-state index < -0.39 is 0 Å². The minimum Gasteiger partial charge on any atom is -0.465 e. The molecule has 0 saturated carbocycles. The average molecular weight is 281 g/mol. The molecule has 0 unspecified atom stereocenters. The maximum absolute atomic E-state index is 11.4. The van der Waals surface area contributed by atoms with Gasteiger partial charge in [-0.05, 0) is 38.4 Å². The molecule has 1 N–H and O–H groups in total. The molecule has 19 heavy (non-hydrogen) atoms. The average Bonchev–Trinajstić information content (AvgIpc) is 2.38. The van der Waals surface area contributed by atoms with E-state index in [4.69, 9.17) is 4.74 Å². The van der Waals surface area contributed by atoms with E-state index in [1.165, 1.54) is 11.1 Å². The van der Waals surface area contributed by atoms with Gasteiger partial charge >= 0.3 is 5.97 Å². The Kier molecular flexibility index (Phi) is 7.60. The maximum Gasteiger partial charge on any atom is 0.316 e. The normalized spacial score (nSPS) is 10.5. The van der Waals surface area contributed by atoms with Gasteiger partial charge in [-0.1, -0.05) is 24.6 Å². The first-order valence-corrected chi connectivity index (χ1v) is 7.74. The molecule has 0 aliphatic heterocycles. The zero-order valence-electron chi connectivity index (χ0n) is 12.0. The zero-order valence-corrected chi connectivity index (χ0v) is 12.8. The second kappa shape index (κ2) is 8.99. The van der Waals surface area contributed by atoms with E-state index in [1.807, 2.05) is 6.92 Å². The maximum atomic E-state index is 11.4. The summed E-state index contributed by atoms with van der Waals surface area (Å²) in [7, 11) is 0. The number of nitrogens with one attached hydrogen (secondary N) is 1. The quantitative estimate of drug-likeness (QED) is 0.451. The molecule has 1 aromatic rings. The summed E-state index contributed by atoms with van der Waals surface area (Å²) in [6.45, 7) is 8.37. The Balaban J connectivity index is 2.62. The molecular formula is C15H23NO2S. The van der Waals surface area contributed by atoms with Crippen LogP contribution < -0.4 is 5.32 Å². The molecule has 0 bridgehead atoms. The first-order valence-electron chi connectivity index (χ1n) is 6.76. The molecule has 0 aliphatic carbocycles. The Morgan fingerprint density at radius 2 is 2.16 bits per heavy atom. The van der Waals surface area contributed by atoms with Crippen LogP contribution in [0.5, 0.6) is 0 Å². The molecule has 1 rings (SSSR count). The van der Waals surface area contributed by atoms with Crippen LogP contribution in [0.25, 0.3) is 0 Å². The molecular weight excluding hydrogens is 258 g/mol. The van der Waals surface area contributed by atoms with Crippen LogP contribution in [0.15, 0.2) is 23.1 Å². The summed E-state index contributed by atoms with van der Waals surface area (Å²) >= 11 is 1.55. The zero-order chi connectivity index (χ0) is 14.1. The van der Waals surface area contributed by atoms with Crippen molar-refractivity contribution >= 4 is 17.7 Å². The number of hydrogen-bond acceptors (Lipinski definition) is 4. The Labute approximate surface area is 120 Å². The fraction of sp³-hybridized carbons (Fsp3) is 0.533. The van der Waals surface area contributed by atoms with Crippen LogP contribution in [0.4, 0.5) is 0 Å². The van der Waals surface area contributed by atoms with E-state index in [1.54, 1.807) is 11.8 Å². The highest BCUT2D eigenvalue weighted by Gasteiger charge is 2.07. The van der Waals surface area contributed by atoms with Crippen LogP contribution in [0, 0.1) is 6.92 Å². The highest BCUT2D eigenvalue weighted by atomic mass is 32.2. The predicted molar refractivity (Wildman–Crippen MR) is 80.5 cm³/mol. The highest BCUT2D eigenvalue weighted by Crippen LogP contribution is 2.24. The van der Waals surface area contributed by atoms with Crippen molar-refractivity contribution < 1.29 is 9.53 Å². The third-order valence-corrected chi connectivity index (χ3v) is 3.70. The first-order chi connectivity index (χ1) is 9.17. The molecule has 3 nitrogen and oxygen atoms in total. The van der Waals surface area contributed by atoms with Gasteiger partial charge in [0, 0.05) is 11.4 Å². The molecule has 0 saturated heterocycles. The fourth-order valence-electron chi connectivity index (χ4n) is 1.73. The van der Waals surface area contributed by atoms with E-state index in [9.17, 15) is 4.79 Å². The van der Waals surface area contributed by atoms with Crippen LogP contribution in [0.3, 0.4) is 0 Å². The second-order valence-corrected chi connectivity index (χ2v) is 5.40. The molecule has 0 aliphatic rings.